The van der Waals surface area contributed by atoms with Gasteiger partial charge in [0.2, 0.25) is 0 Å². The number of nitrogens with zero attached hydrogens (tertiary/aromatic N) is 4. The van der Waals surface area contributed by atoms with Gasteiger partial charge in [0.15, 0.2) is 0 Å². The topological polar surface area (TPSA) is 121 Å². The molecule has 34 heavy (non-hydrogen) atoms. The van der Waals surface area contributed by atoms with Crippen LogP contribution in [0.2, 0.25) is 0 Å². The second-order valence-corrected chi connectivity index (χ2v) is 7.16. The van der Waals surface area contributed by atoms with Crippen LogP contribution in [0.3, 0.4) is 0 Å². The molecule has 10 heteroatoms. The van der Waals surface area contributed by atoms with Crippen molar-refractivity contribution in [2.45, 2.75) is 19.6 Å². The number of esters is 3. The fourth-order valence-corrected chi connectivity index (χ4v) is 3.21. The zero-order valence-corrected chi connectivity index (χ0v) is 19.1. The summed E-state index contributed by atoms with van der Waals surface area (Å²) in [5.41, 5.74) is 2.44. The van der Waals surface area contributed by atoms with E-state index < -0.39 is 17.9 Å². The van der Waals surface area contributed by atoms with Gasteiger partial charge in [-0.05, 0) is 36.4 Å². The van der Waals surface area contributed by atoms with E-state index in [-0.39, 0.29) is 17.1 Å². The molecule has 0 aliphatic heterocycles. The highest BCUT2D eigenvalue weighted by Gasteiger charge is 2.16. The van der Waals surface area contributed by atoms with E-state index in [1.165, 1.54) is 21.3 Å². The molecule has 0 spiro atoms. The van der Waals surface area contributed by atoms with E-state index in [1.54, 1.807) is 54.6 Å². The van der Waals surface area contributed by atoms with Crippen molar-refractivity contribution in [1.29, 1.82) is 0 Å². The minimum Gasteiger partial charge on any atom is -0.464 e. The van der Waals surface area contributed by atoms with E-state index in [0.29, 0.717) is 36.7 Å². The van der Waals surface area contributed by atoms with Gasteiger partial charge >= 0.3 is 17.9 Å². The van der Waals surface area contributed by atoms with Gasteiger partial charge in [-0.25, -0.2) is 29.3 Å². The quantitative estimate of drug-likeness (QED) is 0.345. The van der Waals surface area contributed by atoms with Crippen molar-refractivity contribution in [3.8, 4) is 0 Å². The predicted molar refractivity (Wildman–Crippen MR) is 120 cm³/mol. The summed E-state index contributed by atoms with van der Waals surface area (Å²) in [6.07, 6.45) is 0. The fourth-order valence-electron chi connectivity index (χ4n) is 3.21. The molecule has 0 atom stereocenters. The van der Waals surface area contributed by atoms with Crippen molar-refractivity contribution >= 4 is 17.9 Å². The summed E-state index contributed by atoms with van der Waals surface area (Å²) in [6, 6.07) is 15.2. The van der Waals surface area contributed by atoms with Crippen molar-refractivity contribution in [2.24, 2.45) is 0 Å². The second kappa shape index (κ2) is 11.6. The highest BCUT2D eigenvalue weighted by molar-refractivity contribution is 5.87. The van der Waals surface area contributed by atoms with Crippen molar-refractivity contribution in [1.82, 2.24) is 19.9 Å². The first-order valence-electron chi connectivity index (χ1n) is 10.3. The van der Waals surface area contributed by atoms with Gasteiger partial charge in [0.1, 0.15) is 17.1 Å². The monoisotopic (exact) mass is 464 g/mol. The molecule has 0 N–H and O–H groups in total. The van der Waals surface area contributed by atoms with Gasteiger partial charge in [-0.3, -0.25) is 4.90 Å². The largest absolute Gasteiger partial charge is 0.464 e. The van der Waals surface area contributed by atoms with Crippen LogP contribution < -0.4 is 0 Å². The number of aromatic nitrogens is 3. The Bertz CT molecular complexity index is 1040. The summed E-state index contributed by atoms with van der Waals surface area (Å²) < 4.78 is 14.3. The molecule has 0 aliphatic rings. The maximum atomic E-state index is 11.9. The summed E-state index contributed by atoms with van der Waals surface area (Å²) in [5, 5.41) is 0. The molecule has 0 saturated heterocycles. The lowest BCUT2D eigenvalue weighted by molar-refractivity contribution is 0.0585. The highest BCUT2D eigenvalue weighted by atomic mass is 16.5. The standard InChI is InChI=1S/C24H24N4O6/c1-32-22(29)19-10-4-7-16(25-19)13-28(14-17-8-5-11-20(26-17)23(30)33-2)15-18-9-6-12-21(27-18)24(31)34-3/h4-12H,13-15H2,1-3H3. The molecular formula is C24H24N4O6. The number of carbonyl (C=O) groups excluding carboxylic acids is 3. The zero-order chi connectivity index (χ0) is 24.5. The third-order valence-corrected chi connectivity index (χ3v) is 4.76. The molecular weight excluding hydrogens is 440 g/mol. The van der Waals surface area contributed by atoms with E-state index in [9.17, 15) is 14.4 Å². The molecule has 3 aromatic heterocycles. The van der Waals surface area contributed by atoms with Gasteiger partial charge in [0, 0.05) is 19.6 Å². The Kier molecular flexibility index (Phi) is 8.36. The number of ether oxygens (including phenoxy) is 3. The number of carbonyl (C=O) groups is 3. The molecule has 0 bridgehead atoms. The molecule has 0 fully saturated rings. The minimum absolute atomic E-state index is 0.191. The molecule has 0 aliphatic carbocycles. The lowest BCUT2D eigenvalue weighted by Crippen LogP contribution is -2.25. The van der Waals surface area contributed by atoms with Crippen molar-refractivity contribution in [2.75, 3.05) is 21.3 Å². The molecule has 0 radical (unpaired) electrons. The summed E-state index contributed by atoms with van der Waals surface area (Å²) in [6.45, 7) is 0.997. The highest BCUT2D eigenvalue weighted by Crippen LogP contribution is 2.14. The number of pyridine rings is 3. The van der Waals surface area contributed by atoms with Crippen LogP contribution in [0.1, 0.15) is 48.5 Å². The van der Waals surface area contributed by atoms with E-state index in [1.807, 2.05) is 4.90 Å². The summed E-state index contributed by atoms with van der Waals surface area (Å²) in [5.74, 6) is -1.60. The third-order valence-electron chi connectivity index (χ3n) is 4.76. The SMILES string of the molecule is COC(=O)c1cccc(CN(Cc2cccc(C(=O)OC)n2)Cc2cccc(C(=O)OC)n2)n1. The Morgan fingerprint density at radius 1 is 0.588 bits per heavy atom. The van der Waals surface area contributed by atoms with Crippen LogP contribution in [0, 0.1) is 0 Å². The first-order valence-corrected chi connectivity index (χ1v) is 10.3. The van der Waals surface area contributed by atoms with Crippen LogP contribution in [0.4, 0.5) is 0 Å². The van der Waals surface area contributed by atoms with Crippen LogP contribution in [-0.4, -0.2) is 59.1 Å². The molecule has 3 rings (SSSR count). The van der Waals surface area contributed by atoms with Crippen LogP contribution in [0.25, 0.3) is 0 Å². The summed E-state index contributed by atoms with van der Waals surface area (Å²) >= 11 is 0. The lowest BCUT2D eigenvalue weighted by atomic mass is 10.2. The van der Waals surface area contributed by atoms with Crippen LogP contribution in [-0.2, 0) is 33.8 Å². The molecule has 0 unspecified atom stereocenters. The first-order chi connectivity index (χ1) is 16.4. The molecule has 3 aromatic rings. The Morgan fingerprint density at radius 3 is 1.15 bits per heavy atom. The van der Waals surface area contributed by atoms with Gasteiger partial charge in [0.25, 0.3) is 0 Å². The lowest BCUT2D eigenvalue weighted by Gasteiger charge is -2.22. The molecule has 10 nitrogen and oxygen atoms in total. The first kappa shape index (κ1) is 24.5. The number of hydrogen-bond acceptors (Lipinski definition) is 10. The minimum atomic E-state index is -0.534. The maximum absolute atomic E-state index is 11.9. The van der Waals surface area contributed by atoms with Crippen molar-refractivity contribution in [3.63, 3.8) is 0 Å². The molecule has 176 valence electrons. The van der Waals surface area contributed by atoms with Crippen molar-refractivity contribution < 1.29 is 28.6 Å². The van der Waals surface area contributed by atoms with Gasteiger partial charge in [-0.15, -0.1) is 0 Å². The molecule has 0 amide bonds. The third kappa shape index (κ3) is 6.42. The summed E-state index contributed by atoms with van der Waals surface area (Å²) in [7, 11) is 3.88. The Balaban J connectivity index is 1.90. The molecule has 0 saturated carbocycles. The van der Waals surface area contributed by atoms with Crippen LogP contribution >= 0.6 is 0 Å². The van der Waals surface area contributed by atoms with Gasteiger partial charge < -0.3 is 14.2 Å². The summed E-state index contributed by atoms with van der Waals surface area (Å²) in [4.78, 5) is 50.8. The molecule has 0 aromatic carbocycles. The fraction of sp³-hybridized carbons (Fsp3) is 0.250. The maximum Gasteiger partial charge on any atom is 0.356 e. The van der Waals surface area contributed by atoms with Gasteiger partial charge in [0.05, 0.1) is 38.4 Å². The Labute approximate surface area is 196 Å². The smallest absolute Gasteiger partial charge is 0.356 e. The Hall–Kier alpha value is -4.18. The van der Waals surface area contributed by atoms with Gasteiger partial charge in [-0.1, -0.05) is 18.2 Å². The average molecular weight is 464 g/mol. The van der Waals surface area contributed by atoms with Crippen LogP contribution in [0.15, 0.2) is 54.6 Å². The van der Waals surface area contributed by atoms with E-state index in [0.717, 1.165) is 0 Å². The van der Waals surface area contributed by atoms with E-state index in [4.69, 9.17) is 14.2 Å². The van der Waals surface area contributed by atoms with Crippen LogP contribution in [0.5, 0.6) is 0 Å². The van der Waals surface area contributed by atoms with Crippen molar-refractivity contribution in [3.05, 3.63) is 88.8 Å². The number of hydrogen-bond donors (Lipinski definition) is 0. The normalized spacial score (nSPS) is 10.6. The predicted octanol–water partition coefficient (Wildman–Crippen LogP) is 2.43. The zero-order valence-electron chi connectivity index (χ0n) is 19.1. The van der Waals surface area contributed by atoms with Gasteiger partial charge in [-0.2, -0.15) is 0 Å². The van der Waals surface area contributed by atoms with E-state index in [2.05, 4.69) is 15.0 Å². The Morgan fingerprint density at radius 2 is 0.882 bits per heavy atom. The molecule has 3 heterocycles. The number of rotatable bonds is 9. The second-order valence-electron chi connectivity index (χ2n) is 7.16. The number of methoxy groups -OCH3 is 3. The average Bonchev–Trinajstić information content (AvgIpc) is 2.87. The van der Waals surface area contributed by atoms with E-state index >= 15 is 0 Å².